The van der Waals surface area contributed by atoms with Crippen LogP contribution in [-0.2, 0) is 21.1 Å². The molecule has 2 saturated heterocycles. The number of nitrogens with one attached hydrogen (secondary N) is 1. The first-order valence-electron chi connectivity index (χ1n) is 12.4. The van der Waals surface area contributed by atoms with Crippen LogP contribution in [0.15, 0.2) is 36.5 Å². The number of piperidine rings is 1. The van der Waals surface area contributed by atoms with E-state index in [0.717, 1.165) is 24.2 Å². The zero-order valence-corrected chi connectivity index (χ0v) is 20.8. The summed E-state index contributed by atoms with van der Waals surface area (Å²) in [7, 11) is 0. The van der Waals surface area contributed by atoms with Gasteiger partial charge in [-0.1, -0.05) is 26.8 Å². The minimum absolute atomic E-state index is 0.0281. The molecule has 2 aliphatic heterocycles. The largest absolute Gasteiger partial charge is 0.416 e. The Kier molecular flexibility index (Phi) is 6.29. The molecular formula is C27H29F4N3O3. The molecule has 1 N–H and O–H groups in total. The zero-order valence-electron chi connectivity index (χ0n) is 20.8. The number of carbonyl (C=O) groups excluding carboxylic acids is 2. The first-order valence-corrected chi connectivity index (χ1v) is 12.4. The molecule has 37 heavy (non-hydrogen) atoms. The van der Waals surface area contributed by atoms with E-state index < -0.39 is 35.5 Å². The van der Waals surface area contributed by atoms with E-state index in [4.69, 9.17) is 4.74 Å². The van der Waals surface area contributed by atoms with Crippen molar-refractivity contribution in [2.75, 3.05) is 13.2 Å². The maximum atomic E-state index is 14.8. The minimum atomic E-state index is -4.68. The Morgan fingerprint density at radius 3 is 2.43 bits per heavy atom. The molecule has 3 fully saturated rings. The van der Waals surface area contributed by atoms with Crippen molar-refractivity contribution >= 4 is 11.8 Å². The van der Waals surface area contributed by atoms with Crippen LogP contribution < -0.4 is 5.32 Å². The molecule has 4 atom stereocenters. The number of alkyl halides is 3. The van der Waals surface area contributed by atoms with Crippen molar-refractivity contribution in [1.29, 1.82) is 0 Å². The maximum absolute atomic E-state index is 14.8. The topological polar surface area (TPSA) is 71.5 Å². The summed E-state index contributed by atoms with van der Waals surface area (Å²) in [6.07, 6.45) is -1.78. The Labute approximate surface area is 212 Å². The molecule has 1 aromatic carbocycles. The molecule has 10 heteroatoms. The highest BCUT2D eigenvalue weighted by atomic mass is 19.4. The number of fused-ring (bicyclic) bond motifs is 1. The second kappa shape index (κ2) is 9.08. The number of pyridine rings is 1. The fraction of sp³-hybridized carbons (Fsp3) is 0.519. The summed E-state index contributed by atoms with van der Waals surface area (Å²) in [6.45, 7) is 6.49. The molecule has 198 valence electrons. The van der Waals surface area contributed by atoms with Crippen molar-refractivity contribution in [3.63, 3.8) is 0 Å². The molecule has 5 rings (SSSR count). The van der Waals surface area contributed by atoms with Gasteiger partial charge in [-0.05, 0) is 43.0 Å². The normalized spacial score (nSPS) is 24.3. The Morgan fingerprint density at radius 1 is 1.11 bits per heavy atom. The number of hydrogen-bond donors (Lipinski definition) is 1. The Bertz CT molecular complexity index is 1220. The molecule has 1 aliphatic carbocycles. The molecule has 0 spiro atoms. The van der Waals surface area contributed by atoms with Gasteiger partial charge in [0, 0.05) is 40.4 Å². The van der Waals surface area contributed by atoms with E-state index in [0.29, 0.717) is 18.1 Å². The van der Waals surface area contributed by atoms with Gasteiger partial charge in [0.2, 0.25) is 5.91 Å². The Hall–Kier alpha value is -3.01. The molecule has 1 aromatic heterocycles. The third-order valence-corrected chi connectivity index (χ3v) is 7.51. The lowest BCUT2D eigenvalue weighted by Gasteiger charge is -2.36. The third kappa shape index (κ3) is 4.95. The number of nitrogens with zero attached hydrogens (tertiary/aromatic N) is 2. The average molecular weight is 520 g/mol. The fourth-order valence-corrected chi connectivity index (χ4v) is 5.21. The van der Waals surface area contributed by atoms with Gasteiger partial charge in [-0.3, -0.25) is 14.6 Å². The van der Waals surface area contributed by atoms with Crippen LogP contribution in [0.5, 0.6) is 0 Å². The van der Waals surface area contributed by atoms with Crippen LogP contribution in [0.3, 0.4) is 0 Å². The summed E-state index contributed by atoms with van der Waals surface area (Å²) >= 11 is 0. The number of carbonyl (C=O) groups is 2. The second-order valence-corrected chi connectivity index (χ2v) is 11.2. The third-order valence-electron chi connectivity index (χ3n) is 7.51. The van der Waals surface area contributed by atoms with Crippen molar-refractivity contribution in [2.45, 2.75) is 63.3 Å². The van der Waals surface area contributed by atoms with E-state index in [9.17, 15) is 27.2 Å². The first-order chi connectivity index (χ1) is 17.3. The molecule has 2 aromatic rings. The van der Waals surface area contributed by atoms with Gasteiger partial charge in [0.15, 0.2) is 0 Å². The Morgan fingerprint density at radius 2 is 1.84 bits per heavy atom. The molecule has 3 heterocycles. The van der Waals surface area contributed by atoms with Crippen molar-refractivity contribution in [1.82, 2.24) is 15.2 Å². The minimum Gasteiger partial charge on any atom is -0.381 e. The summed E-state index contributed by atoms with van der Waals surface area (Å²) in [5.74, 6) is -1.81. The molecule has 1 saturated carbocycles. The molecule has 6 nitrogen and oxygen atoms in total. The number of hydrogen-bond acceptors (Lipinski definition) is 4. The lowest BCUT2D eigenvalue weighted by atomic mass is 9.90. The predicted molar refractivity (Wildman–Crippen MR) is 126 cm³/mol. The number of likely N-dealkylation sites (tertiary alicyclic amines) is 1. The van der Waals surface area contributed by atoms with Crippen molar-refractivity contribution in [3.05, 3.63) is 64.7 Å². The lowest BCUT2D eigenvalue weighted by molar-refractivity contribution is -0.138. The molecular weight excluding hydrogens is 490 g/mol. The summed E-state index contributed by atoms with van der Waals surface area (Å²) in [4.78, 5) is 33.0. The highest BCUT2D eigenvalue weighted by molar-refractivity contribution is 5.98. The van der Waals surface area contributed by atoms with Crippen molar-refractivity contribution in [3.8, 4) is 0 Å². The number of benzene rings is 1. The van der Waals surface area contributed by atoms with E-state index in [-0.39, 0.29) is 48.0 Å². The number of amides is 2. The zero-order chi connectivity index (χ0) is 26.7. The van der Waals surface area contributed by atoms with Gasteiger partial charge in [0.05, 0.1) is 24.8 Å². The van der Waals surface area contributed by atoms with E-state index >= 15 is 0 Å². The van der Waals surface area contributed by atoms with Gasteiger partial charge in [-0.15, -0.1) is 0 Å². The molecule has 0 radical (unpaired) electrons. The van der Waals surface area contributed by atoms with Gasteiger partial charge in [0.25, 0.3) is 5.91 Å². The number of rotatable bonds is 5. The lowest BCUT2D eigenvalue weighted by Crippen LogP contribution is -2.51. The fourth-order valence-electron chi connectivity index (χ4n) is 5.21. The van der Waals surface area contributed by atoms with Crippen LogP contribution in [-0.4, -0.2) is 47.0 Å². The molecule has 3 aliphatic rings. The smallest absolute Gasteiger partial charge is 0.381 e. The van der Waals surface area contributed by atoms with Crippen molar-refractivity contribution < 1.29 is 31.9 Å². The van der Waals surface area contributed by atoms with Crippen LogP contribution in [0.1, 0.15) is 66.8 Å². The summed E-state index contributed by atoms with van der Waals surface area (Å²) in [6, 6.07) is 4.06. The van der Waals surface area contributed by atoms with Gasteiger partial charge in [-0.25, -0.2) is 4.39 Å². The van der Waals surface area contributed by atoms with E-state index in [1.807, 2.05) is 20.8 Å². The summed E-state index contributed by atoms with van der Waals surface area (Å²) in [5.41, 5.74) is -0.177. The number of ether oxygens (including phenoxy) is 1. The van der Waals surface area contributed by atoms with Crippen molar-refractivity contribution in [2.24, 2.45) is 11.8 Å². The molecule has 2 amide bonds. The standard InChI is InChI=1S/C27H29F4N3O3/c1-26(2,3)22-10-14(6-7-32-22)25(36)34-20-8-15(20)9-21(34)24(35)33-23(16-12-37-13-16)18-5-4-17(11-19(18)28)27(29,30)31/h4-7,10-11,15-16,20-21,23H,8-9,12-13H2,1-3H3,(H,33,35)/t15-,20-,21-,23-/m1/s1. The summed E-state index contributed by atoms with van der Waals surface area (Å²) in [5, 5.41) is 2.84. The maximum Gasteiger partial charge on any atom is 0.416 e. The van der Waals surface area contributed by atoms with Gasteiger partial charge >= 0.3 is 6.18 Å². The predicted octanol–water partition coefficient (Wildman–Crippen LogP) is 4.64. The monoisotopic (exact) mass is 519 g/mol. The van der Waals surface area contributed by atoms with Crippen LogP contribution in [0.4, 0.5) is 17.6 Å². The average Bonchev–Trinajstić information content (AvgIpc) is 3.45. The van der Waals surface area contributed by atoms with Crippen LogP contribution in [0, 0.1) is 17.7 Å². The number of aromatic nitrogens is 1. The van der Waals surface area contributed by atoms with Crippen LogP contribution in [0.2, 0.25) is 0 Å². The van der Waals surface area contributed by atoms with Gasteiger partial charge in [-0.2, -0.15) is 13.2 Å². The molecule has 0 unspecified atom stereocenters. The van der Waals surface area contributed by atoms with Crippen LogP contribution >= 0.6 is 0 Å². The quantitative estimate of drug-likeness (QED) is 0.585. The second-order valence-electron chi connectivity index (χ2n) is 11.2. The van der Waals surface area contributed by atoms with Gasteiger partial charge in [0.1, 0.15) is 11.9 Å². The first kappa shape index (κ1) is 25.6. The molecule has 0 bridgehead atoms. The van der Waals surface area contributed by atoms with E-state index in [1.54, 1.807) is 23.2 Å². The summed E-state index contributed by atoms with van der Waals surface area (Å²) < 4.78 is 59.2. The van der Waals surface area contributed by atoms with Gasteiger partial charge < -0.3 is 15.0 Å². The van der Waals surface area contributed by atoms with E-state index in [2.05, 4.69) is 10.3 Å². The van der Waals surface area contributed by atoms with Crippen LogP contribution in [0.25, 0.3) is 0 Å². The highest BCUT2D eigenvalue weighted by Crippen LogP contribution is 2.48. The Balaban J connectivity index is 1.38. The highest BCUT2D eigenvalue weighted by Gasteiger charge is 2.56. The van der Waals surface area contributed by atoms with E-state index in [1.165, 1.54) is 0 Å². The SMILES string of the molecule is CC(C)(C)c1cc(C(=O)N2[C@@H](C(=O)N[C@@H](c3ccc(C(F)(F)F)cc3F)C3COC3)C[C@H]3C[C@H]32)ccn1. The number of halogens is 4.